The maximum Gasteiger partial charge on any atom is 0.119 e. The van der Waals surface area contributed by atoms with E-state index in [1.165, 1.54) is 0 Å². The van der Waals surface area contributed by atoms with Crippen molar-refractivity contribution >= 4 is 0 Å². The molecule has 6 heteroatoms. The molecule has 0 unspecified atom stereocenters. The normalized spacial score (nSPS) is 17.9. The van der Waals surface area contributed by atoms with Crippen LogP contribution in [0.25, 0.3) is 0 Å². The molecule has 2 aromatic heterocycles. The molecule has 0 aromatic carbocycles. The van der Waals surface area contributed by atoms with Gasteiger partial charge in [0.1, 0.15) is 5.69 Å². The first-order valence-electron chi connectivity index (χ1n) is 4.90. The number of aromatic nitrogens is 4. The van der Waals surface area contributed by atoms with Gasteiger partial charge in [-0.15, -0.1) is 0 Å². The van der Waals surface area contributed by atoms with E-state index in [4.69, 9.17) is 0 Å². The first-order valence-corrected chi connectivity index (χ1v) is 4.90. The zero-order chi connectivity index (χ0) is 10.1. The molecule has 0 N–H and O–H groups in total. The SMILES string of the molecule is c1cnn(C2CN(Cc3cnon3)C2)c1. The van der Waals surface area contributed by atoms with Crippen LogP contribution in [0.4, 0.5) is 0 Å². The van der Waals surface area contributed by atoms with Gasteiger partial charge in [-0.25, -0.2) is 4.63 Å². The Morgan fingerprint density at radius 3 is 3.07 bits per heavy atom. The van der Waals surface area contributed by atoms with E-state index in [0.29, 0.717) is 6.04 Å². The Bertz CT molecular complexity index is 404. The van der Waals surface area contributed by atoms with E-state index in [0.717, 1.165) is 25.3 Å². The average molecular weight is 205 g/mol. The number of hydrogen-bond donors (Lipinski definition) is 0. The van der Waals surface area contributed by atoms with Crippen molar-refractivity contribution in [3.8, 4) is 0 Å². The number of likely N-dealkylation sites (tertiary alicyclic amines) is 1. The second-order valence-electron chi connectivity index (χ2n) is 3.73. The predicted molar refractivity (Wildman–Crippen MR) is 50.8 cm³/mol. The van der Waals surface area contributed by atoms with Gasteiger partial charge in [-0.2, -0.15) is 5.10 Å². The smallest absolute Gasteiger partial charge is 0.119 e. The minimum Gasteiger partial charge on any atom is -0.293 e. The van der Waals surface area contributed by atoms with Gasteiger partial charge >= 0.3 is 0 Å². The van der Waals surface area contributed by atoms with Crippen LogP contribution in [0, 0.1) is 0 Å². The molecule has 1 fully saturated rings. The molecule has 2 aromatic rings. The molecular weight excluding hydrogens is 194 g/mol. The minimum atomic E-state index is 0.500. The van der Waals surface area contributed by atoms with Gasteiger partial charge in [0.05, 0.1) is 12.2 Å². The molecule has 0 amide bonds. The van der Waals surface area contributed by atoms with Gasteiger partial charge in [-0.05, 0) is 6.07 Å². The Hall–Kier alpha value is -1.69. The molecule has 15 heavy (non-hydrogen) atoms. The van der Waals surface area contributed by atoms with E-state index in [-0.39, 0.29) is 0 Å². The maximum absolute atomic E-state index is 4.54. The Morgan fingerprint density at radius 1 is 1.47 bits per heavy atom. The second kappa shape index (κ2) is 3.47. The monoisotopic (exact) mass is 205 g/mol. The van der Waals surface area contributed by atoms with Gasteiger partial charge in [0.15, 0.2) is 0 Å². The molecule has 1 aliphatic rings. The highest BCUT2D eigenvalue weighted by molar-refractivity contribution is 4.95. The third-order valence-electron chi connectivity index (χ3n) is 2.63. The van der Waals surface area contributed by atoms with Crippen LogP contribution in [0.2, 0.25) is 0 Å². The van der Waals surface area contributed by atoms with E-state index in [9.17, 15) is 0 Å². The molecule has 1 aliphatic heterocycles. The molecule has 1 saturated heterocycles. The second-order valence-corrected chi connectivity index (χ2v) is 3.73. The van der Waals surface area contributed by atoms with Crippen LogP contribution >= 0.6 is 0 Å². The van der Waals surface area contributed by atoms with Crippen LogP contribution in [-0.2, 0) is 6.54 Å². The highest BCUT2D eigenvalue weighted by Crippen LogP contribution is 2.21. The summed E-state index contributed by atoms with van der Waals surface area (Å²) in [6.45, 7) is 2.82. The zero-order valence-electron chi connectivity index (χ0n) is 8.15. The average Bonchev–Trinajstić information content (AvgIpc) is 2.83. The van der Waals surface area contributed by atoms with Crippen molar-refractivity contribution in [2.75, 3.05) is 13.1 Å². The van der Waals surface area contributed by atoms with E-state index >= 15 is 0 Å². The highest BCUT2D eigenvalue weighted by atomic mass is 16.6. The summed E-state index contributed by atoms with van der Waals surface area (Å²) in [4.78, 5) is 2.28. The fourth-order valence-electron chi connectivity index (χ4n) is 1.82. The van der Waals surface area contributed by atoms with Crippen molar-refractivity contribution in [3.05, 3.63) is 30.4 Å². The minimum absolute atomic E-state index is 0.500. The van der Waals surface area contributed by atoms with Crippen molar-refractivity contribution in [1.29, 1.82) is 0 Å². The maximum atomic E-state index is 4.54. The lowest BCUT2D eigenvalue weighted by Gasteiger charge is -2.38. The molecule has 6 nitrogen and oxygen atoms in total. The summed E-state index contributed by atoms with van der Waals surface area (Å²) < 4.78 is 6.54. The van der Waals surface area contributed by atoms with E-state index < -0.39 is 0 Å². The molecule has 0 radical (unpaired) electrons. The molecule has 0 spiro atoms. The van der Waals surface area contributed by atoms with Crippen LogP contribution in [-0.4, -0.2) is 38.1 Å². The topological polar surface area (TPSA) is 60.0 Å². The summed E-state index contributed by atoms with van der Waals surface area (Å²) in [6, 6.07) is 2.45. The Morgan fingerprint density at radius 2 is 2.40 bits per heavy atom. The molecule has 3 rings (SSSR count). The lowest BCUT2D eigenvalue weighted by molar-refractivity contribution is 0.0882. The first kappa shape index (κ1) is 8.60. The van der Waals surface area contributed by atoms with Crippen LogP contribution in [0.5, 0.6) is 0 Å². The van der Waals surface area contributed by atoms with Gasteiger partial charge in [0, 0.05) is 32.0 Å². The predicted octanol–water partition coefficient (Wildman–Crippen LogP) is 0.323. The number of nitrogens with zero attached hydrogens (tertiary/aromatic N) is 5. The summed E-state index contributed by atoms with van der Waals surface area (Å²) in [5.74, 6) is 0. The fraction of sp³-hybridized carbons (Fsp3) is 0.444. The molecule has 3 heterocycles. The van der Waals surface area contributed by atoms with E-state index in [1.54, 1.807) is 6.20 Å². The van der Waals surface area contributed by atoms with Crippen LogP contribution in [0.1, 0.15) is 11.7 Å². The van der Waals surface area contributed by atoms with Gasteiger partial charge in [0.2, 0.25) is 0 Å². The summed E-state index contributed by atoms with van der Waals surface area (Å²) >= 11 is 0. The van der Waals surface area contributed by atoms with Crippen LogP contribution in [0.3, 0.4) is 0 Å². The third-order valence-corrected chi connectivity index (χ3v) is 2.63. The fourth-order valence-corrected chi connectivity index (χ4v) is 1.82. The highest BCUT2D eigenvalue weighted by Gasteiger charge is 2.28. The van der Waals surface area contributed by atoms with Crippen molar-refractivity contribution in [1.82, 2.24) is 25.0 Å². The van der Waals surface area contributed by atoms with Crippen LogP contribution in [0.15, 0.2) is 29.3 Å². The van der Waals surface area contributed by atoms with Crippen LogP contribution < -0.4 is 0 Å². The van der Waals surface area contributed by atoms with Gasteiger partial charge < -0.3 is 0 Å². The molecule has 0 atom stereocenters. The largest absolute Gasteiger partial charge is 0.293 e. The molecule has 0 bridgehead atoms. The first-order chi connectivity index (χ1) is 7.42. The van der Waals surface area contributed by atoms with Crippen molar-refractivity contribution in [2.45, 2.75) is 12.6 Å². The quantitative estimate of drug-likeness (QED) is 0.722. The number of hydrogen-bond acceptors (Lipinski definition) is 5. The van der Waals surface area contributed by atoms with Crippen molar-refractivity contribution in [3.63, 3.8) is 0 Å². The molecule has 0 aliphatic carbocycles. The lowest BCUT2D eigenvalue weighted by atomic mass is 10.1. The Balaban J connectivity index is 1.54. The Kier molecular flexibility index (Phi) is 1.99. The summed E-state index contributed by atoms with van der Waals surface area (Å²) in [7, 11) is 0. The number of rotatable bonds is 3. The van der Waals surface area contributed by atoms with Crippen molar-refractivity contribution in [2.24, 2.45) is 0 Å². The summed E-state index contributed by atoms with van der Waals surface area (Å²) in [6.07, 6.45) is 5.46. The van der Waals surface area contributed by atoms with Gasteiger partial charge in [0.25, 0.3) is 0 Å². The van der Waals surface area contributed by atoms with E-state index in [2.05, 4.69) is 24.9 Å². The summed E-state index contributed by atoms with van der Waals surface area (Å²) in [5, 5.41) is 11.6. The van der Waals surface area contributed by atoms with Gasteiger partial charge in [-0.1, -0.05) is 10.3 Å². The molecule has 78 valence electrons. The third kappa shape index (κ3) is 1.63. The lowest BCUT2D eigenvalue weighted by Crippen LogP contribution is -2.47. The van der Waals surface area contributed by atoms with E-state index in [1.807, 2.05) is 23.1 Å². The van der Waals surface area contributed by atoms with Crippen molar-refractivity contribution < 1.29 is 4.63 Å². The zero-order valence-corrected chi connectivity index (χ0v) is 8.15. The molecule has 0 saturated carbocycles. The standard InChI is InChI=1S/C9H11N5O/c1-2-10-14(3-1)9-6-13(7-9)5-8-4-11-15-12-8/h1-4,9H,5-7H2. The summed E-state index contributed by atoms with van der Waals surface area (Å²) in [5.41, 5.74) is 0.883. The van der Waals surface area contributed by atoms with Gasteiger partial charge in [-0.3, -0.25) is 9.58 Å². The molecular formula is C9H11N5O. The Labute approximate surface area is 86.4 Å².